The Morgan fingerprint density at radius 2 is 1.73 bits per heavy atom. The fourth-order valence-electron chi connectivity index (χ4n) is 3.23. The molecule has 2 fully saturated rings. The van der Waals surface area contributed by atoms with Crippen LogP contribution in [0.3, 0.4) is 0 Å². The van der Waals surface area contributed by atoms with Crippen molar-refractivity contribution in [2.75, 3.05) is 25.6 Å². The normalized spacial score (nSPS) is 22.5. The predicted octanol–water partition coefficient (Wildman–Crippen LogP) is 2.98. The van der Waals surface area contributed by atoms with Crippen molar-refractivity contribution in [1.82, 2.24) is 0 Å². The summed E-state index contributed by atoms with van der Waals surface area (Å²) in [5.41, 5.74) is 0.0994. The summed E-state index contributed by atoms with van der Waals surface area (Å²) < 4.78 is 16.5. The van der Waals surface area contributed by atoms with Gasteiger partial charge >= 0.3 is 5.97 Å². The third kappa shape index (κ3) is 2.93. The Hall–Kier alpha value is -1.30. The monoisotopic (exact) mass is 325 g/mol. The first-order chi connectivity index (χ1) is 10.6. The Labute approximate surface area is 134 Å². The average Bonchev–Trinajstić information content (AvgIpc) is 3.00. The van der Waals surface area contributed by atoms with E-state index < -0.39 is 11.3 Å². The molecular formula is C16H20ClNO4. The summed E-state index contributed by atoms with van der Waals surface area (Å²) >= 11 is 5.91. The van der Waals surface area contributed by atoms with Gasteiger partial charge in [-0.3, -0.25) is 0 Å². The van der Waals surface area contributed by atoms with Crippen molar-refractivity contribution in [3.63, 3.8) is 0 Å². The summed E-state index contributed by atoms with van der Waals surface area (Å²) in [5.74, 6) is -0.769. The zero-order valence-corrected chi connectivity index (χ0v) is 13.3. The lowest BCUT2D eigenvalue weighted by atomic mass is 9.78. The predicted molar refractivity (Wildman–Crippen MR) is 82.9 cm³/mol. The summed E-state index contributed by atoms with van der Waals surface area (Å²) in [6.45, 7) is 1.24. The average molecular weight is 326 g/mol. The van der Waals surface area contributed by atoms with E-state index in [1.165, 1.54) is 7.11 Å². The van der Waals surface area contributed by atoms with E-state index >= 15 is 0 Å². The third-order valence-corrected chi connectivity index (χ3v) is 4.73. The van der Waals surface area contributed by atoms with Crippen molar-refractivity contribution >= 4 is 23.3 Å². The molecule has 1 heterocycles. The van der Waals surface area contributed by atoms with Gasteiger partial charge in [-0.1, -0.05) is 11.6 Å². The molecule has 0 aromatic heterocycles. The molecule has 120 valence electrons. The molecule has 22 heavy (non-hydrogen) atoms. The highest BCUT2D eigenvalue weighted by Crippen LogP contribution is 2.42. The highest BCUT2D eigenvalue weighted by Gasteiger charge is 2.50. The van der Waals surface area contributed by atoms with E-state index in [-0.39, 0.29) is 5.97 Å². The van der Waals surface area contributed by atoms with Crippen LogP contribution in [0.1, 0.15) is 25.7 Å². The molecule has 6 heteroatoms. The molecule has 1 saturated carbocycles. The standard InChI is InChI=1S/C16H20ClNO4/c1-20-14(19)15(18-13-4-2-12(17)3-5-13)6-8-16(9-7-15)21-10-11-22-16/h2-5,18H,6-11H2,1H3. The van der Waals surface area contributed by atoms with Gasteiger partial charge in [-0.2, -0.15) is 0 Å². The second-order valence-electron chi connectivity index (χ2n) is 5.81. The second kappa shape index (κ2) is 6.07. The van der Waals surface area contributed by atoms with Crippen LogP contribution in [-0.4, -0.2) is 37.6 Å². The molecule has 1 aliphatic carbocycles. The first-order valence-corrected chi connectivity index (χ1v) is 7.85. The highest BCUT2D eigenvalue weighted by molar-refractivity contribution is 6.30. The minimum atomic E-state index is -0.747. The van der Waals surface area contributed by atoms with Crippen LogP contribution in [-0.2, 0) is 19.0 Å². The van der Waals surface area contributed by atoms with Crippen molar-refractivity contribution in [2.45, 2.75) is 37.0 Å². The summed E-state index contributed by atoms with van der Waals surface area (Å²) in [6.07, 6.45) is 2.54. The maximum atomic E-state index is 12.4. The SMILES string of the molecule is COC(=O)C1(Nc2ccc(Cl)cc2)CCC2(CC1)OCCO2. The van der Waals surface area contributed by atoms with E-state index in [9.17, 15) is 4.79 Å². The first-order valence-electron chi connectivity index (χ1n) is 7.48. The molecule has 0 amide bonds. The van der Waals surface area contributed by atoms with Crippen molar-refractivity contribution in [1.29, 1.82) is 0 Å². The topological polar surface area (TPSA) is 56.8 Å². The third-order valence-electron chi connectivity index (χ3n) is 4.48. The maximum Gasteiger partial charge on any atom is 0.331 e. The maximum absolute atomic E-state index is 12.4. The number of carbonyl (C=O) groups is 1. The van der Waals surface area contributed by atoms with E-state index in [2.05, 4.69) is 5.32 Å². The van der Waals surface area contributed by atoms with Crippen molar-refractivity contribution in [3.8, 4) is 0 Å². The number of benzene rings is 1. The quantitative estimate of drug-likeness (QED) is 0.866. The number of ether oxygens (including phenoxy) is 3. The van der Waals surface area contributed by atoms with Gasteiger partial charge < -0.3 is 19.5 Å². The van der Waals surface area contributed by atoms with Gasteiger partial charge in [0.1, 0.15) is 5.54 Å². The molecule has 0 unspecified atom stereocenters. The van der Waals surface area contributed by atoms with Crippen molar-refractivity contribution in [3.05, 3.63) is 29.3 Å². The molecule has 2 aliphatic rings. The minimum Gasteiger partial charge on any atom is -0.467 e. The lowest BCUT2D eigenvalue weighted by Gasteiger charge is -2.42. The smallest absolute Gasteiger partial charge is 0.331 e. The number of hydrogen-bond acceptors (Lipinski definition) is 5. The van der Waals surface area contributed by atoms with Crippen LogP contribution in [0.25, 0.3) is 0 Å². The number of nitrogens with one attached hydrogen (secondary N) is 1. The largest absolute Gasteiger partial charge is 0.467 e. The van der Waals surface area contributed by atoms with Crippen LogP contribution in [0.5, 0.6) is 0 Å². The van der Waals surface area contributed by atoms with Gasteiger partial charge in [-0.25, -0.2) is 4.79 Å². The number of anilines is 1. The molecular weight excluding hydrogens is 306 g/mol. The molecule has 0 atom stereocenters. The molecule has 1 N–H and O–H groups in total. The van der Waals surface area contributed by atoms with Crippen LogP contribution in [0, 0.1) is 0 Å². The zero-order valence-electron chi connectivity index (χ0n) is 12.6. The number of rotatable bonds is 3. The fraction of sp³-hybridized carbons (Fsp3) is 0.562. The number of halogens is 1. The summed E-state index contributed by atoms with van der Waals surface area (Å²) in [7, 11) is 1.42. The molecule has 0 bridgehead atoms. The van der Waals surface area contributed by atoms with Gasteiger partial charge in [0.05, 0.1) is 20.3 Å². The number of hydrogen-bond donors (Lipinski definition) is 1. The number of esters is 1. The van der Waals surface area contributed by atoms with Crippen LogP contribution >= 0.6 is 11.6 Å². The van der Waals surface area contributed by atoms with Gasteiger partial charge in [-0.05, 0) is 37.1 Å². The Bertz CT molecular complexity index is 530. The minimum absolute atomic E-state index is 0.254. The van der Waals surface area contributed by atoms with Gasteiger partial charge in [0.25, 0.3) is 0 Å². The Morgan fingerprint density at radius 1 is 1.14 bits per heavy atom. The van der Waals surface area contributed by atoms with E-state index in [0.717, 1.165) is 5.69 Å². The first kappa shape index (κ1) is 15.6. The van der Waals surface area contributed by atoms with E-state index in [1.807, 2.05) is 12.1 Å². The number of methoxy groups -OCH3 is 1. The van der Waals surface area contributed by atoms with Gasteiger partial charge in [-0.15, -0.1) is 0 Å². The zero-order chi connectivity index (χ0) is 15.6. The van der Waals surface area contributed by atoms with E-state index in [4.69, 9.17) is 25.8 Å². The fourth-order valence-corrected chi connectivity index (χ4v) is 3.35. The Balaban J connectivity index is 1.78. The molecule has 3 rings (SSSR count). The second-order valence-corrected chi connectivity index (χ2v) is 6.25. The number of carbonyl (C=O) groups excluding carboxylic acids is 1. The molecule has 1 aromatic carbocycles. The lowest BCUT2D eigenvalue weighted by molar-refractivity contribution is -0.188. The molecule has 5 nitrogen and oxygen atoms in total. The molecule has 1 spiro atoms. The van der Waals surface area contributed by atoms with Crippen LogP contribution in [0.2, 0.25) is 5.02 Å². The molecule has 1 aromatic rings. The van der Waals surface area contributed by atoms with Crippen LogP contribution in [0.4, 0.5) is 5.69 Å². The molecule has 0 radical (unpaired) electrons. The van der Waals surface area contributed by atoms with Crippen molar-refractivity contribution < 1.29 is 19.0 Å². The lowest BCUT2D eigenvalue weighted by Crippen LogP contribution is -2.53. The molecule has 1 saturated heterocycles. The van der Waals surface area contributed by atoms with Gasteiger partial charge in [0.15, 0.2) is 5.79 Å². The van der Waals surface area contributed by atoms with E-state index in [1.54, 1.807) is 12.1 Å². The van der Waals surface area contributed by atoms with Crippen LogP contribution < -0.4 is 5.32 Å². The Kier molecular flexibility index (Phi) is 4.30. The Morgan fingerprint density at radius 3 is 2.27 bits per heavy atom. The summed E-state index contributed by atoms with van der Waals surface area (Å²) in [6, 6.07) is 7.31. The van der Waals surface area contributed by atoms with E-state index in [0.29, 0.717) is 43.9 Å². The van der Waals surface area contributed by atoms with Gasteiger partial charge in [0, 0.05) is 23.6 Å². The molecule has 1 aliphatic heterocycles. The summed E-state index contributed by atoms with van der Waals surface area (Å²) in [5, 5.41) is 3.99. The summed E-state index contributed by atoms with van der Waals surface area (Å²) in [4.78, 5) is 12.4. The van der Waals surface area contributed by atoms with Crippen LogP contribution in [0.15, 0.2) is 24.3 Å². The highest BCUT2D eigenvalue weighted by atomic mass is 35.5. The van der Waals surface area contributed by atoms with Gasteiger partial charge in [0.2, 0.25) is 0 Å². The van der Waals surface area contributed by atoms with Crippen molar-refractivity contribution in [2.24, 2.45) is 0 Å².